The average molecular weight is 330 g/mol. The molecule has 2 aromatic rings. The quantitative estimate of drug-likeness (QED) is 0.769. The molecule has 0 unspecified atom stereocenters. The van der Waals surface area contributed by atoms with Gasteiger partial charge in [-0.1, -0.05) is 0 Å². The number of nitrogens with zero attached hydrogens (tertiary/aromatic N) is 2. The molecule has 0 aliphatic carbocycles. The molecule has 0 bridgehead atoms. The molecule has 0 radical (unpaired) electrons. The summed E-state index contributed by atoms with van der Waals surface area (Å²) in [5.41, 5.74) is 0. The molecule has 1 aliphatic heterocycles. The van der Waals surface area contributed by atoms with Crippen molar-refractivity contribution < 1.29 is 28.0 Å². The predicted molar refractivity (Wildman–Crippen MR) is 78.7 cm³/mol. The van der Waals surface area contributed by atoms with Gasteiger partial charge in [-0.05, 0) is 38.1 Å². The number of amides is 4. The zero-order valence-corrected chi connectivity index (χ0v) is 13.0. The second-order valence-electron chi connectivity index (χ2n) is 5.33. The summed E-state index contributed by atoms with van der Waals surface area (Å²) in [6, 6.07) is 3.54. The van der Waals surface area contributed by atoms with Crippen LogP contribution in [-0.4, -0.2) is 45.5 Å². The maximum absolute atomic E-state index is 12.6. The molecule has 0 aromatic carbocycles. The Morgan fingerprint density at radius 3 is 1.50 bits per heavy atom. The number of hydrogen-bond donors (Lipinski definition) is 0. The van der Waals surface area contributed by atoms with E-state index in [2.05, 4.69) is 0 Å². The lowest BCUT2D eigenvalue weighted by Gasteiger charge is -2.39. The molecular weight excluding hydrogens is 316 g/mol. The fraction of sp³-hybridized carbons (Fsp3) is 0.250. The SMILES string of the molecule is C[C@@H]1C(=O)N(C(=O)c2ccco2)[C@@H](C)C(=O)N1C(=O)c1ccco1. The van der Waals surface area contributed by atoms with E-state index in [1.165, 1.54) is 50.6 Å². The molecule has 1 aliphatic rings. The summed E-state index contributed by atoms with van der Waals surface area (Å²) in [6.07, 6.45) is 2.59. The lowest BCUT2D eigenvalue weighted by molar-refractivity contribution is -0.154. The minimum Gasteiger partial charge on any atom is -0.459 e. The van der Waals surface area contributed by atoms with Gasteiger partial charge in [0.2, 0.25) is 0 Å². The van der Waals surface area contributed by atoms with Crippen LogP contribution in [0.5, 0.6) is 0 Å². The van der Waals surface area contributed by atoms with Crippen LogP contribution in [0.1, 0.15) is 35.0 Å². The van der Waals surface area contributed by atoms with Crippen LogP contribution >= 0.6 is 0 Å². The van der Waals surface area contributed by atoms with E-state index in [-0.39, 0.29) is 11.5 Å². The average Bonchev–Trinajstić information content (AvgIpc) is 3.26. The van der Waals surface area contributed by atoms with Gasteiger partial charge in [-0.3, -0.25) is 29.0 Å². The molecule has 3 heterocycles. The first-order chi connectivity index (χ1) is 11.4. The molecule has 4 amide bonds. The Morgan fingerprint density at radius 1 is 0.833 bits per heavy atom. The first kappa shape index (κ1) is 15.7. The molecular formula is C16H14N2O6. The molecule has 1 saturated heterocycles. The van der Waals surface area contributed by atoms with E-state index in [9.17, 15) is 19.2 Å². The third kappa shape index (κ3) is 2.32. The monoisotopic (exact) mass is 330 g/mol. The van der Waals surface area contributed by atoms with Crippen molar-refractivity contribution >= 4 is 23.6 Å². The van der Waals surface area contributed by atoms with E-state index >= 15 is 0 Å². The van der Waals surface area contributed by atoms with Gasteiger partial charge in [0.25, 0.3) is 23.6 Å². The van der Waals surface area contributed by atoms with Crippen LogP contribution in [0.2, 0.25) is 0 Å². The normalized spacial score (nSPS) is 21.2. The number of carbonyl (C=O) groups is 4. The molecule has 24 heavy (non-hydrogen) atoms. The maximum atomic E-state index is 12.6. The number of imide groups is 2. The van der Waals surface area contributed by atoms with Gasteiger partial charge in [-0.25, -0.2) is 0 Å². The van der Waals surface area contributed by atoms with Gasteiger partial charge < -0.3 is 8.83 Å². The summed E-state index contributed by atoms with van der Waals surface area (Å²) in [4.78, 5) is 51.6. The van der Waals surface area contributed by atoms with E-state index in [4.69, 9.17) is 8.83 Å². The van der Waals surface area contributed by atoms with Crippen LogP contribution in [-0.2, 0) is 9.59 Å². The van der Waals surface area contributed by atoms with E-state index in [0.29, 0.717) is 0 Å². The Bertz CT molecular complexity index is 724. The molecule has 0 N–H and O–H groups in total. The molecule has 2 atom stereocenters. The lowest BCUT2D eigenvalue weighted by Crippen LogP contribution is -2.65. The van der Waals surface area contributed by atoms with Gasteiger partial charge in [0.1, 0.15) is 12.1 Å². The summed E-state index contributed by atoms with van der Waals surface area (Å²) in [6.45, 7) is 2.77. The van der Waals surface area contributed by atoms with Gasteiger partial charge in [0.15, 0.2) is 11.5 Å². The number of hydrogen-bond acceptors (Lipinski definition) is 6. The maximum Gasteiger partial charge on any atom is 0.296 e. The molecule has 3 rings (SSSR count). The van der Waals surface area contributed by atoms with Crippen molar-refractivity contribution in [3.8, 4) is 0 Å². The van der Waals surface area contributed by atoms with E-state index in [1.807, 2.05) is 0 Å². The Labute approximate surface area is 136 Å². The van der Waals surface area contributed by atoms with Gasteiger partial charge >= 0.3 is 0 Å². The van der Waals surface area contributed by atoms with Gasteiger partial charge in [0.05, 0.1) is 12.5 Å². The highest BCUT2D eigenvalue weighted by Crippen LogP contribution is 2.23. The van der Waals surface area contributed by atoms with E-state index in [1.54, 1.807) is 0 Å². The van der Waals surface area contributed by atoms with E-state index in [0.717, 1.165) is 9.80 Å². The fourth-order valence-corrected chi connectivity index (χ4v) is 2.60. The molecule has 8 nitrogen and oxygen atoms in total. The summed E-state index contributed by atoms with van der Waals surface area (Å²) in [7, 11) is 0. The highest BCUT2D eigenvalue weighted by Gasteiger charge is 2.48. The topological polar surface area (TPSA) is 101 Å². The van der Waals surface area contributed by atoms with Crippen molar-refractivity contribution in [2.75, 3.05) is 0 Å². The van der Waals surface area contributed by atoms with Gasteiger partial charge in [-0.2, -0.15) is 0 Å². The van der Waals surface area contributed by atoms with Crippen molar-refractivity contribution in [1.82, 2.24) is 9.80 Å². The lowest BCUT2D eigenvalue weighted by atomic mass is 10.1. The van der Waals surface area contributed by atoms with Crippen molar-refractivity contribution in [1.29, 1.82) is 0 Å². The fourth-order valence-electron chi connectivity index (χ4n) is 2.60. The highest BCUT2D eigenvalue weighted by atomic mass is 16.3. The van der Waals surface area contributed by atoms with Crippen LogP contribution in [0.3, 0.4) is 0 Å². The summed E-state index contributed by atoms with van der Waals surface area (Å²) in [5, 5.41) is 0. The Balaban J connectivity index is 1.92. The minimum atomic E-state index is -1.13. The summed E-state index contributed by atoms with van der Waals surface area (Å²) >= 11 is 0. The molecule has 2 aromatic heterocycles. The molecule has 0 saturated carbocycles. The molecule has 0 spiro atoms. The van der Waals surface area contributed by atoms with Gasteiger partial charge in [0, 0.05) is 0 Å². The number of rotatable bonds is 2. The highest BCUT2D eigenvalue weighted by molar-refractivity contribution is 6.16. The van der Waals surface area contributed by atoms with Crippen molar-refractivity contribution in [3.63, 3.8) is 0 Å². The van der Waals surface area contributed by atoms with Crippen LogP contribution in [0.15, 0.2) is 45.6 Å². The van der Waals surface area contributed by atoms with Crippen LogP contribution < -0.4 is 0 Å². The number of piperazine rings is 1. The standard InChI is InChI=1S/C16H14N2O6/c1-9-13(19)18(16(22)12-6-4-8-24-12)10(2)14(20)17(9)15(21)11-5-3-7-23-11/h3-10H,1-2H3/t9-,10+. The Hall–Kier alpha value is -3.16. The summed E-state index contributed by atoms with van der Waals surface area (Å²) < 4.78 is 10.00. The number of carbonyl (C=O) groups excluding carboxylic acids is 4. The zero-order chi connectivity index (χ0) is 17.4. The van der Waals surface area contributed by atoms with Crippen molar-refractivity contribution in [3.05, 3.63) is 48.3 Å². The zero-order valence-electron chi connectivity index (χ0n) is 13.0. The summed E-state index contributed by atoms with van der Waals surface area (Å²) in [5.74, 6) is -2.88. The molecule has 124 valence electrons. The van der Waals surface area contributed by atoms with Crippen LogP contribution in [0.4, 0.5) is 0 Å². The third-order valence-electron chi connectivity index (χ3n) is 3.87. The van der Waals surface area contributed by atoms with Crippen molar-refractivity contribution in [2.45, 2.75) is 25.9 Å². The smallest absolute Gasteiger partial charge is 0.296 e. The van der Waals surface area contributed by atoms with Crippen LogP contribution in [0, 0.1) is 0 Å². The van der Waals surface area contributed by atoms with E-state index < -0.39 is 35.7 Å². The third-order valence-corrected chi connectivity index (χ3v) is 3.87. The first-order valence-electron chi connectivity index (χ1n) is 7.25. The van der Waals surface area contributed by atoms with Crippen molar-refractivity contribution in [2.24, 2.45) is 0 Å². The molecule has 1 fully saturated rings. The largest absolute Gasteiger partial charge is 0.459 e. The van der Waals surface area contributed by atoms with Crippen LogP contribution in [0.25, 0.3) is 0 Å². The number of furan rings is 2. The molecule has 8 heteroatoms. The second-order valence-corrected chi connectivity index (χ2v) is 5.33. The Kier molecular flexibility index (Phi) is 3.80. The van der Waals surface area contributed by atoms with Gasteiger partial charge in [-0.15, -0.1) is 0 Å². The minimum absolute atomic E-state index is 0.0546. The Morgan fingerprint density at radius 2 is 1.21 bits per heavy atom. The predicted octanol–water partition coefficient (Wildman–Crippen LogP) is 1.30. The first-order valence-corrected chi connectivity index (χ1v) is 7.25. The second kappa shape index (κ2) is 5.80.